The summed E-state index contributed by atoms with van der Waals surface area (Å²) in [5.74, 6) is -1.05. The zero-order valence-corrected chi connectivity index (χ0v) is 13.8. The molecule has 24 heavy (non-hydrogen) atoms. The summed E-state index contributed by atoms with van der Waals surface area (Å²) in [7, 11) is 0. The van der Waals surface area contributed by atoms with E-state index >= 15 is 0 Å². The predicted molar refractivity (Wildman–Crippen MR) is 90.6 cm³/mol. The molecule has 1 amide bonds. The molecule has 0 heterocycles. The molecule has 0 saturated heterocycles. The number of nitrogens with one attached hydrogen (secondary N) is 1. The minimum Gasteiger partial charge on any atom is -0.449 e. The maximum absolute atomic E-state index is 12.2. The van der Waals surface area contributed by atoms with E-state index in [2.05, 4.69) is 5.32 Å². The summed E-state index contributed by atoms with van der Waals surface area (Å²) < 4.78 is 5.17. The minimum absolute atomic E-state index is 0.236. The third-order valence-corrected chi connectivity index (χ3v) is 3.52. The quantitative estimate of drug-likeness (QED) is 0.875. The third kappa shape index (κ3) is 4.20. The number of nitriles is 1. The Hall–Kier alpha value is -3.13. The van der Waals surface area contributed by atoms with E-state index in [0.29, 0.717) is 11.3 Å². The summed E-state index contributed by atoms with van der Waals surface area (Å²) in [6.07, 6.45) is -0.955. The topological polar surface area (TPSA) is 79.2 Å². The Kier molecular flexibility index (Phi) is 5.33. The third-order valence-electron chi connectivity index (χ3n) is 3.52. The summed E-state index contributed by atoms with van der Waals surface area (Å²) in [6, 6.07) is 13.8. The van der Waals surface area contributed by atoms with E-state index in [9.17, 15) is 9.59 Å². The molecule has 1 N–H and O–H groups in total. The first kappa shape index (κ1) is 17.2. The number of hydrogen-bond acceptors (Lipinski definition) is 4. The summed E-state index contributed by atoms with van der Waals surface area (Å²) >= 11 is 0. The van der Waals surface area contributed by atoms with Crippen molar-refractivity contribution >= 4 is 17.6 Å². The zero-order valence-electron chi connectivity index (χ0n) is 13.8. The van der Waals surface area contributed by atoms with Gasteiger partial charge >= 0.3 is 5.97 Å². The number of nitrogens with zero attached hydrogens (tertiary/aromatic N) is 1. The highest BCUT2D eigenvalue weighted by Crippen LogP contribution is 2.17. The van der Waals surface area contributed by atoms with Gasteiger partial charge in [-0.25, -0.2) is 4.79 Å². The number of hydrogen-bond donors (Lipinski definition) is 1. The van der Waals surface area contributed by atoms with Crippen LogP contribution in [0.15, 0.2) is 42.5 Å². The number of aryl methyl sites for hydroxylation is 2. The van der Waals surface area contributed by atoms with Crippen LogP contribution >= 0.6 is 0 Å². The molecule has 0 aliphatic rings. The van der Waals surface area contributed by atoms with E-state index in [0.717, 1.165) is 11.1 Å². The fraction of sp³-hybridized carbons (Fsp3) is 0.211. The Morgan fingerprint density at radius 2 is 1.92 bits per heavy atom. The predicted octanol–water partition coefficient (Wildman–Crippen LogP) is 3.36. The van der Waals surface area contributed by atoms with E-state index in [-0.39, 0.29) is 5.56 Å². The number of anilines is 1. The van der Waals surface area contributed by atoms with Gasteiger partial charge in [-0.3, -0.25) is 4.79 Å². The Balaban J connectivity index is 2.03. The first-order valence-electron chi connectivity index (χ1n) is 7.50. The fourth-order valence-corrected chi connectivity index (χ4v) is 2.19. The SMILES string of the molecule is Cc1ccc(NC(=O)[C@@H](C)OC(=O)c2cccc(C#N)c2)c(C)c1. The largest absolute Gasteiger partial charge is 0.449 e. The van der Waals surface area contributed by atoms with Gasteiger partial charge in [-0.05, 0) is 50.6 Å². The first-order valence-corrected chi connectivity index (χ1v) is 7.50. The van der Waals surface area contributed by atoms with Crippen molar-refractivity contribution < 1.29 is 14.3 Å². The van der Waals surface area contributed by atoms with Crippen molar-refractivity contribution in [3.63, 3.8) is 0 Å². The van der Waals surface area contributed by atoms with Gasteiger partial charge in [0.25, 0.3) is 5.91 Å². The van der Waals surface area contributed by atoms with Crippen LogP contribution < -0.4 is 5.32 Å². The van der Waals surface area contributed by atoms with Crippen LogP contribution in [0.5, 0.6) is 0 Å². The van der Waals surface area contributed by atoms with Crippen molar-refractivity contribution in [1.82, 2.24) is 0 Å². The molecular formula is C19H18N2O3. The van der Waals surface area contributed by atoms with Crippen LogP contribution in [0.2, 0.25) is 0 Å². The molecule has 2 aromatic rings. The Labute approximate surface area is 140 Å². The van der Waals surface area contributed by atoms with E-state index in [4.69, 9.17) is 10.00 Å². The molecule has 0 bridgehead atoms. The van der Waals surface area contributed by atoms with Crippen LogP contribution in [0, 0.1) is 25.2 Å². The molecule has 0 unspecified atom stereocenters. The van der Waals surface area contributed by atoms with E-state index in [1.54, 1.807) is 12.1 Å². The van der Waals surface area contributed by atoms with Crippen molar-refractivity contribution in [1.29, 1.82) is 5.26 Å². The highest BCUT2D eigenvalue weighted by atomic mass is 16.5. The van der Waals surface area contributed by atoms with Crippen LogP contribution in [0.4, 0.5) is 5.69 Å². The number of esters is 1. The van der Waals surface area contributed by atoms with Gasteiger partial charge in [-0.15, -0.1) is 0 Å². The highest BCUT2D eigenvalue weighted by Gasteiger charge is 2.19. The monoisotopic (exact) mass is 322 g/mol. The second-order valence-corrected chi connectivity index (χ2v) is 5.55. The second-order valence-electron chi connectivity index (χ2n) is 5.55. The van der Waals surface area contributed by atoms with Crippen molar-refractivity contribution in [3.05, 3.63) is 64.7 Å². The lowest BCUT2D eigenvalue weighted by atomic mass is 10.1. The first-order chi connectivity index (χ1) is 11.4. The van der Waals surface area contributed by atoms with E-state index < -0.39 is 18.0 Å². The normalized spacial score (nSPS) is 11.2. The summed E-state index contributed by atoms with van der Waals surface area (Å²) in [5, 5.41) is 11.6. The molecule has 2 aromatic carbocycles. The van der Waals surface area contributed by atoms with Crippen molar-refractivity contribution in [2.75, 3.05) is 5.32 Å². The lowest BCUT2D eigenvalue weighted by molar-refractivity contribution is -0.123. The molecule has 1 atom stereocenters. The molecular weight excluding hydrogens is 304 g/mol. The molecule has 0 aliphatic carbocycles. The van der Waals surface area contributed by atoms with Gasteiger partial charge in [0.2, 0.25) is 0 Å². The van der Waals surface area contributed by atoms with Gasteiger partial charge in [0, 0.05) is 5.69 Å². The standard InChI is InChI=1S/C19H18N2O3/c1-12-7-8-17(13(2)9-12)21-18(22)14(3)24-19(23)16-6-4-5-15(10-16)11-20/h4-10,14H,1-3H3,(H,21,22)/t14-/m1/s1. The van der Waals surface area contributed by atoms with Crippen LogP contribution in [0.3, 0.4) is 0 Å². The second kappa shape index (κ2) is 7.42. The van der Waals surface area contributed by atoms with E-state index in [1.165, 1.54) is 19.1 Å². The summed E-state index contributed by atoms with van der Waals surface area (Å²) in [4.78, 5) is 24.3. The average molecular weight is 322 g/mol. The number of carbonyl (C=O) groups excluding carboxylic acids is 2. The number of amides is 1. The Morgan fingerprint density at radius 3 is 2.58 bits per heavy atom. The Bertz CT molecular complexity index is 822. The van der Waals surface area contributed by atoms with Crippen LogP contribution in [0.25, 0.3) is 0 Å². The molecule has 0 radical (unpaired) electrons. The van der Waals surface area contributed by atoms with Crippen molar-refractivity contribution in [2.45, 2.75) is 26.9 Å². The van der Waals surface area contributed by atoms with Crippen molar-refractivity contribution in [3.8, 4) is 6.07 Å². The fourth-order valence-electron chi connectivity index (χ4n) is 2.19. The van der Waals surface area contributed by atoms with Gasteiger partial charge in [-0.1, -0.05) is 23.8 Å². The number of ether oxygens (including phenoxy) is 1. The molecule has 0 fully saturated rings. The van der Waals surface area contributed by atoms with Crippen LogP contribution in [-0.4, -0.2) is 18.0 Å². The zero-order chi connectivity index (χ0) is 17.7. The van der Waals surface area contributed by atoms with Crippen molar-refractivity contribution in [2.24, 2.45) is 0 Å². The summed E-state index contributed by atoms with van der Waals surface area (Å²) in [5.41, 5.74) is 3.31. The number of benzene rings is 2. The van der Waals surface area contributed by atoms with Gasteiger partial charge < -0.3 is 10.1 Å². The molecule has 5 nitrogen and oxygen atoms in total. The smallest absolute Gasteiger partial charge is 0.338 e. The molecule has 122 valence electrons. The van der Waals surface area contributed by atoms with Gasteiger partial charge in [0.1, 0.15) is 0 Å². The maximum atomic E-state index is 12.2. The average Bonchev–Trinajstić information content (AvgIpc) is 2.57. The molecule has 0 aromatic heterocycles. The van der Waals surface area contributed by atoms with Gasteiger partial charge in [0.15, 0.2) is 6.10 Å². The number of carbonyl (C=O) groups is 2. The van der Waals surface area contributed by atoms with Gasteiger partial charge in [-0.2, -0.15) is 5.26 Å². The molecule has 2 rings (SSSR count). The lowest BCUT2D eigenvalue weighted by Crippen LogP contribution is -2.30. The van der Waals surface area contributed by atoms with Crippen LogP contribution in [-0.2, 0) is 9.53 Å². The van der Waals surface area contributed by atoms with Gasteiger partial charge in [0.05, 0.1) is 17.2 Å². The number of rotatable bonds is 4. The molecule has 0 aliphatic heterocycles. The lowest BCUT2D eigenvalue weighted by Gasteiger charge is -2.15. The van der Waals surface area contributed by atoms with E-state index in [1.807, 2.05) is 38.1 Å². The van der Waals surface area contributed by atoms with Crippen LogP contribution in [0.1, 0.15) is 34.0 Å². The minimum atomic E-state index is -0.955. The highest BCUT2D eigenvalue weighted by molar-refractivity contribution is 5.97. The molecule has 0 spiro atoms. The summed E-state index contributed by atoms with van der Waals surface area (Å²) in [6.45, 7) is 5.37. The molecule has 5 heteroatoms. The Morgan fingerprint density at radius 1 is 1.17 bits per heavy atom. The maximum Gasteiger partial charge on any atom is 0.338 e. The molecule has 0 saturated carbocycles.